The summed E-state index contributed by atoms with van der Waals surface area (Å²) in [5, 5.41) is 14.1. The summed E-state index contributed by atoms with van der Waals surface area (Å²) in [6.45, 7) is 1.63. The zero-order valence-corrected chi connectivity index (χ0v) is 11.0. The first-order valence-electron chi connectivity index (χ1n) is 6.24. The number of aromatic carboxylic acids is 1. The van der Waals surface area contributed by atoms with Gasteiger partial charge in [-0.1, -0.05) is 0 Å². The first-order valence-corrected chi connectivity index (χ1v) is 6.24. The lowest BCUT2D eigenvalue weighted by molar-refractivity contribution is 0.0698. The summed E-state index contributed by atoms with van der Waals surface area (Å²) < 4.78 is 13.1. The van der Waals surface area contributed by atoms with Gasteiger partial charge < -0.3 is 20.6 Å². The number of carboxylic acids is 1. The van der Waals surface area contributed by atoms with Gasteiger partial charge in [-0.25, -0.2) is 14.0 Å². The largest absolute Gasteiger partial charge is 0.478 e. The van der Waals surface area contributed by atoms with E-state index in [1.165, 1.54) is 0 Å². The number of hydrogen-bond donors (Lipinski definition) is 3. The van der Waals surface area contributed by atoms with Gasteiger partial charge in [-0.15, -0.1) is 0 Å². The molecule has 7 heteroatoms. The zero-order chi connectivity index (χ0) is 14.7. The number of urea groups is 1. The molecule has 2 amide bonds. The number of carboxylic acid groups (broad SMARTS) is 1. The van der Waals surface area contributed by atoms with E-state index in [0.717, 1.165) is 37.7 Å². The van der Waals surface area contributed by atoms with Crippen LogP contribution in [0.5, 0.6) is 0 Å². The van der Waals surface area contributed by atoms with E-state index in [-0.39, 0.29) is 17.3 Å². The molecular formula is C13H16FN3O3. The topological polar surface area (TPSA) is 81.7 Å². The maximum atomic E-state index is 13.1. The van der Waals surface area contributed by atoms with Gasteiger partial charge in [0.2, 0.25) is 0 Å². The Bertz CT molecular complexity index is 536. The maximum absolute atomic E-state index is 13.1. The second-order valence-corrected chi connectivity index (χ2v) is 4.84. The second kappa shape index (κ2) is 5.87. The molecule has 2 rings (SSSR count). The van der Waals surface area contributed by atoms with E-state index in [2.05, 4.69) is 15.5 Å². The first kappa shape index (κ1) is 14.3. The minimum Gasteiger partial charge on any atom is -0.478 e. The van der Waals surface area contributed by atoms with Crippen LogP contribution in [0.1, 0.15) is 16.8 Å². The number of likely N-dealkylation sites (tertiary alicyclic amines) is 1. The van der Waals surface area contributed by atoms with Crippen molar-refractivity contribution in [2.75, 3.05) is 25.5 Å². The third-order valence-electron chi connectivity index (χ3n) is 3.19. The molecule has 0 spiro atoms. The summed E-state index contributed by atoms with van der Waals surface area (Å²) >= 11 is 0. The molecule has 108 valence electrons. The number of nitrogens with one attached hydrogen (secondary N) is 2. The van der Waals surface area contributed by atoms with Crippen molar-refractivity contribution >= 4 is 17.7 Å². The lowest BCUT2D eigenvalue weighted by atomic mass is 10.1. The van der Waals surface area contributed by atoms with Crippen LogP contribution in [0.4, 0.5) is 14.9 Å². The average Bonchev–Trinajstić information content (AvgIpc) is 2.74. The van der Waals surface area contributed by atoms with Crippen molar-refractivity contribution in [1.29, 1.82) is 0 Å². The Hall–Kier alpha value is -2.15. The van der Waals surface area contributed by atoms with Crippen molar-refractivity contribution in [2.24, 2.45) is 0 Å². The number of halogens is 1. The highest BCUT2D eigenvalue weighted by atomic mass is 19.1. The Morgan fingerprint density at radius 3 is 2.80 bits per heavy atom. The summed E-state index contributed by atoms with van der Waals surface area (Å²) in [7, 11) is 1.95. The minimum absolute atomic E-state index is 0.0156. The van der Waals surface area contributed by atoms with Gasteiger partial charge in [-0.3, -0.25) is 0 Å². The fourth-order valence-electron chi connectivity index (χ4n) is 2.20. The van der Waals surface area contributed by atoms with E-state index >= 15 is 0 Å². The molecule has 1 aromatic rings. The van der Waals surface area contributed by atoms with Crippen molar-refractivity contribution in [3.63, 3.8) is 0 Å². The Kier molecular flexibility index (Phi) is 4.19. The van der Waals surface area contributed by atoms with E-state index < -0.39 is 17.8 Å². The molecule has 1 aliphatic heterocycles. The van der Waals surface area contributed by atoms with Crippen molar-refractivity contribution in [3.05, 3.63) is 29.6 Å². The highest BCUT2D eigenvalue weighted by molar-refractivity contribution is 6.00. The van der Waals surface area contributed by atoms with E-state index in [4.69, 9.17) is 5.11 Å². The van der Waals surface area contributed by atoms with Crippen LogP contribution in [0.2, 0.25) is 0 Å². The van der Waals surface area contributed by atoms with Crippen molar-refractivity contribution in [2.45, 2.75) is 12.5 Å². The normalized spacial score (nSPS) is 18.8. The molecule has 1 fully saturated rings. The van der Waals surface area contributed by atoms with E-state index in [9.17, 15) is 14.0 Å². The Morgan fingerprint density at radius 2 is 2.20 bits per heavy atom. The van der Waals surface area contributed by atoms with Crippen molar-refractivity contribution in [3.8, 4) is 0 Å². The fourth-order valence-corrected chi connectivity index (χ4v) is 2.20. The molecule has 1 aromatic carbocycles. The molecule has 20 heavy (non-hydrogen) atoms. The Morgan fingerprint density at radius 1 is 1.45 bits per heavy atom. The summed E-state index contributed by atoms with van der Waals surface area (Å²) in [5.74, 6) is -1.83. The van der Waals surface area contributed by atoms with E-state index in [1.54, 1.807) is 0 Å². The van der Waals surface area contributed by atoms with Crippen molar-refractivity contribution in [1.82, 2.24) is 10.2 Å². The number of carbonyl (C=O) groups is 2. The molecule has 1 aliphatic rings. The molecule has 0 aliphatic carbocycles. The molecule has 6 nitrogen and oxygen atoms in total. The summed E-state index contributed by atoms with van der Waals surface area (Å²) in [4.78, 5) is 24.9. The summed E-state index contributed by atoms with van der Waals surface area (Å²) in [6, 6.07) is 2.64. The van der Waals surface area contributed by atoms with Crippen LogP contribution in [0.15, 0.2) is 18.2 Å². The number of carbonyl (C=O) groups excluding carboxylic acids is 1. The number of amides is 2. The molecule has 3 N–H and O–H groups in total. The number of likely N-dealkylation sites (N-methyl/N-ethyl adjacent to an activating group) is 1. The predicted molar refractivity (Wildman–Crippen MR) is 71.4 cm³/mol. The Balaban J connectivity index is 2.03. The average molecular weight is 281 g/mol. The molecule has 0 saturated carbocycles. The van der Waals surface area contributed by atoms with Gasteiger partial charge >= 0.3 is 12.0 Å². The van der Waals surface area contributed by atoms with Gasteiger partial charge in [-0.05, 0) is 38.2 Å². The predicted octanol–water partition coefficient (Wildman–Crippen LogP) is 1.35. The third-order valence-corrected chi connectivity index (χ3v) is 3.19. The minimum atomic E-state index is -1.22. The quantitative estimate of drug-likeness (QED) is 0.781. The number of anilines is 1. The number of benzene rings is 1. The van der Waals surface area contributed by atoms with E-state index in [1.807, 2.05) is 7.05 Å². The Labute approximate surface area is 115 Å². The standard InChI is InChI=1S/C13H16FN3O3/c1-17-5-4-9(7-17)15-13(20)16-11-6-8(14)2-3-10(11)12(18)19/h2-3,6,9H,4-5,7H2,1H3,(H,18,19)(H2,15,16,20). The lowest BCUT2D eigenvalue weighted by Gasteiger charge is -2.14. The van der Waals surface area contributed by atoms with Crippen LogP contribution in [-0.2, 0) is 0 Å². The fraction of sp³-hybridized carbons (Fsp3) is 0.385. The third kappa shape index (κ3) is 3.45. The van der Waals surface area contributed by atoms with Crippen LogP contribution in [0.3, 0.4) is 0 Å². The van der Waals surface area contributed by atoms with Crippen LogP contribution in [0.25, 0.3) is 0 Å². The number of rotatable bonds is 3. The van der Waals surface area contributed by atoms with Crippen molar-refractivity contribution < 1.29 is 19.1 Å². The van der Waals surface area contributed by atoms with Gasteiger partial charge in [-0.2, -0.15) is 0 Å². The van der Waals surface area contributed by atoms with Crippen LogP contribution < -0.4 is 10.6 Å². The SMILES string of the molecule is CN1CCC(NC(=O)Nc2cc(F)ccc2C(=O)O)C1. The van der Waals surface area contributed by atoms with Crippen LogP contribution >= 0.6 is 0 Å². The summed E-state index contributed by atoms with van der Waals surface area (Å²) in [5.41, 5.74) is -0.202. The van der Waals surface area contributed by atoms with E-state index in [0.29, 0.717) is 0 Å². The van der Waals surface area contributed by atoms with Crippen LogP contribution in [-0.4, -0.2) is 48.2 Å². The molecule has 0 radical (unpaired) electrons. The summed E-state index contributed by atoms with van der Waals surface area (Å²) in [6.07, 6.45) is 0.832. The molecule has 0 aromatic heterocycles. The molecule has 0 bridgehead atoms. The van der Waals surface area contributed by atoms with Gasteiger partial charge in [0, 0.05) is 12.6 Å². The lowest BCUT2D eigenvalue weighted by Crippen LogP contribution is -2.39. The molecule has 1 heterocycles. The number of hydrogen-bond acceptors (Lipinski definition) is 3. The van der Waals surface area contributed by atoms with Gasteiger partial charge in [0.15, 0.2) is 0 Å². The highest BCUT2D eigenvalue weighted by Crippen LogP contribution is 2.17. The van der Waals surface area contributed by atoms with Crippen LogP contribution in [0, 0.1) is 5.82 Å². The second-order valence-electron chi connectivity index (χ2n) is 4.84. The molecule has 1 unspecified atom stereocenters. The zero-order valence-electron chi connectivity index (χ0n) is 11.0. The first-order chi connectivity index (χ1) is 9.45. The highest BCUT2D eigenvalue weighted by Gasteiger charge is 2.21. The molecular weight excluding hydrogens is 265 g/mol. The van der Waals surface area contributed by atoms with Gasteiger partial charge in [0.05, 0.1) is 11.3 Å². The number of nitrogens with zero attached hydrogens (tertiary/aromatic N) is 1. The van der Waals surface area contributed by atoms with Gasteiger partial charge in [0.1, 0.15) is 5.82 Å². The van der Waals surface area contributed by atoms with Gasteiger partial charge in [0.25, 0.3) is 0 Å². The maximum Gasteiger partial charge on any atom is 0.337 e. The molecule has 1 saturated heterocycles. The monoisotopic (exact) mass is 281 g/mol. The smallest absolute Gasteiger partial charge is 0.337 e. The molecule has 1 atom stereocenters.